The number of benzene rings is 3. The normalized spacial score (nSPS) is 15.8. The zero-order valence-electron chi connectivity index (χ0n) is 19.7. The number of aromatic nitrogens is 1. The van der Waals surface area contributed by atoms with Gasteiger partial charge >= 0.3 is 0 Å². The van der Waals surface area contributed by atoms with Gasteiger partial charge in [0.05, 0.1) is 11.6 Å². The molecule has 0 radical (unpaired) electrons. The minimum atomic E-state index is -0.730. The van der Waals surface area contributed by atoms with Crippen LogP contribution in [0.3, 0.4) is 0 Å². The largest absolute Gasteiger partial charge is 0.503 e. The number of fused-ring (bicyclic) bond motifs is 1. The van der Waals surface area contributed by atoms with Crippen LogP contribution in [-0.4, -0.2) is 35.9 Å². The summed E-state index contributed by atoms with van der Waals surface area (Å²) in [6.07, 6.45) is 2.55. The Morgan fingerprint density at radius 1 is 0.971 bits per heavy atom. The number of H-pyrrole nitrogens is 1. The first-order valence-electron chi connectivity index (χ1n) is 11.6. The fourth-order valence-electron chi connectivity index (χ4n) is 4.72. The van der Waals surface area contributed by atoms with Crippen molar-refractivity contribution in [3.63, 3.8) is 0 Å². The van der Waals surface area contributed by atoms with Crippen LogP contribution in [0.15, 0.2) is 96.4 Å². The number of aliphatic hydroxyl groups excluding tert-OH is 1. The lowest BCUT2D eigenvalue weighted by Gasteiger charge is -2.27. The van der Waals surface area contributed by atoms with Gasteiger partial charge in [-0.15, -0.1) is 0 Å². The van der Waals surface area contributed by atoms with E-state index in [1.807, 2.05) is 104 Å². The van der Waals surface area contributed by atoms with Gasteiger partial charge in [-0.2, -0.15) is 0 Å². The van der Waals surface area contributed by atoms with Crippen molar-refractivity contribution in [2.75, 3.05) is 23.9 Å². The molecule has 0 saturated carbocycles. The first-order valence-corrected chi connectivity index (χ1v) is 11.6. The van der Waals surface area contributed by atoms with E-state index in [2.05, 4.69) is 4.98 Å². The van der Waals surface area contributed by atoms with Crippen molar-refractivity contribution in [3.8, 4) is 0 Å². The highest BCUT2D eigenvalue weighted by Gasteiger charge is 2.44. The molecule has 5 rings (SSSR count). The Morgan fingerprint density at radius 3 is 2.37 bits per heavy atom. The van der Waals surface area contributed by atoms with Gasteiger partial charge in [-0.3, -0.25) is 14.5 Å². The Labute approximate surface area is 204 Å². The van der Waals surface area contributed by atoms with E-state index >= 15 is 0 Å². The van der Waals surface area contributed by atoms with Gasteiger partial charge in [0, 0.05) is 54.6 Å². The van der Waals surface area contributed by atoms with Gasteiger partial charge in [0.25, 0.3) is 5.91 Å². The van der Waals surface area contributed by atoms with E-state index in [1.54, 1.807) is 0 Å². The zero-order chi connectivity index (χ0) is 24.5. The second-order valence-electron chi connectivity index (χ2n) is 8.95. The summed E-state index contributed by atoms with van der Waals surface area (Å²) in [5.41, 5.74) is 4.46. The van der Waals surface area contributed by atoms with Crippen LogP contribution in [0, 0.1) is 0 Å². The summed E-state index contributed by atoms with van der Waals surface area (Å²) in [6.45, 7) is 0. The molecule has 0 saturated heterocycles. The molecule has 1 amide bonds. The Bertz CT molecular complexity index is 1420. The van der Waals surface area contributed by atoms with E-state index in [1.165, 1.54) is 4.90 Å². The minimum Gasteiger partial charge on any atom is -0.503 e. The number of Topliss-reactive ketones (excluding diaryl/α,β-unsaturated/α-hetero) is 1. The molecule has 6 heteroatoms. The Hall–Kier alpha value is -4.32. The van der Waals surface area contributed by atoms with Crippen molar-refractivity contribution < 1.29 is 14.7 Å². The molecule has 1 atom stereocenters. The molecule has 1 aliphatic heterocycles. The van der Waals surface area contributed by atoms with Crippen molar-refractivity contribution in [1.82, 2.24) is 4.98 Å². The molecular weight excluding hydrogens is 438 g/mol. The first-order chi connectivity index (χ1) is 17.0. The van der Waals surface area contributed by atoms with Crippen LogP contribution in [0.4, 0.5) is 11.4 Å². The van der Waals surface area contributed by atoms with Gasteiger partial charge in [-0.05, 0) is 42.3 Å². The van der Waals surface area contributed by atoms with Gasteiger partial charge in [0.2, 0.25) is 0 Å². The number of carbonyl (C=O) groups excluding carboxylic acids is 2. The molecule has 1 unspecified atom stereocenters. The third kappa shape index (κ3) is 4.08. The lowest BCUT2D eigenvalue weighted by Crippen LogP contribution is -2.31. The number of para-hydroxylation sites is 1. The number of aryl methyl sites for hydroxylation is 1. The van der Waals surface area contributed by atoms with E-state index in [4.69, 9.17) is 0 Å². The predicted molar refractivity (Wildman–Crippen MR) is 139 cm³/mol. The average Bonchev–Trinajstić information content (AvgIpc) is 3.42. The van der Waals surface area contributed by atoms with E-state index < -0.39 is 17.7 Å². The Balaban J connectivity index is 1.57. The molecule has 35 heavy (non-hydrogen) atoms. The molecule has 6 nitrogen and oxygen atoms in total. The second-order valence-corrected chi connectivity index (χ2v) is 8.95. The third-order valence-corrected chi connectivity index (χ3v) is 6.55. The second kappa shape index (κ2) is 9.14. The summed E-state index contributed by atoms with van der Waals surface area (Å²) in [5, 5.41) is 11.9. The van der Waals surface area contributed by atoms with Crippen molar-refractivity contribution in [3.05, 3.63) is 108 Å². The number of carbonyl (C=O) groups is 2. The zero-order valence-corrected chi connectivity index (χ0v) is 19.7. The highest BCUT2D eigenvalue weighted by Crippen LogP contribution is 2.43. The lowest BCUT2D eigenvalue weighted by molar-refractivity contribution is -0.118. The molecule has 0 fully saturated rings. The maximum atomic E-state index is 13.5. The first kappa shape index (κ1) is 22.5. The van der Waals surface area contributed by atoms with Crippen LogP contribution in [0.25, 0.3) is 10.9 Å². The summed E-state index contributed by atoms with van der Waals surface area (Å²) in [5.74, 6) is -1.28. The summed E-state index contributed by atoms with van der Waals surface area (Å²) in [4.78, 5) is 33.7. The van der Waals surface area contributed by atoms with Crippen molar-refractivity contribution in [2.24, 2.45) is 0 Å². The molecule has 2 N–H and O–H groups in total. The molecule has 0 aliphatic carbocycles. The molecule has 3 aromatic carbocycles. The monoisotopic (exact) mass is 465 g/mol. The number of rotatable bonds is 7. The van der Waals surface area contributed by atoms with Crippen LogP contribution < -0.4 is 9.80 Å². The topological polar surface area (TPSA) is 76.6 Å². The van der Waals surface area contributed by atoms with Crippen molar-refractivity contribution >= 4 is 34.0 Å². The van der Waals surface area contributed by atoms with Crippen LogP contribution in [0.1, 0.15) is 23.6 Å². The number of nitrogens with zero attached hydrogens (tertiary/aromatic N) is 2. The highest BCUT2D eigenvalue weighted by atomic mass is 16.3. The quantitative estimate of drug-likeness (QED) is 0.387. The summed E-state index contributed by atoms with van der Waals surface area (Å²) < 4.78 is 0. The van der Waals surface area contributed by atoms with E-state index in [-0.39, 0.29) is 17.8 Å². The number of hydrogen-bond acceptors (Lipinski definition) is 4. The van der Waals surface area contributed by atoms with E-state index in [0.29, 0.717) is 12.1 Å². The van der Waals surface area contributed by atoms with Crippen molar-refractivity contribution in [2.45, 2.75) is 18.9 Å². The minimum absolute atomic E-state index is 0.146. The molecule has 0 spiro atoms. The molecule has 0 bridgehead atoms. The van der Waals surface area contributed by atoms with Crippen molar-refractivity contribution in [1.29, 1.82) is 0 Å². The average molecular weight is 466 g/mol. The number of anilines is 2. The summed E-state index contributed by atoms with van der Waals surface area (Å²) >= 11 is 0. The fourth-order valence-corrected chi connectivity index (χ4v) is 4.72. The number of hydrogen-bond donors (Lipinski definition) is 2. The van der Waals surface area contributed by atoms with Gasteiger partial charge in [-0.1, -0.05) is 48.5 Å². The predicted octanol–water partition coefficient (Wildman–Crippen LogP) is 5.34. The SMILES string of the molecule is CN(C)c1ccc(N2C(=O)C(O)=C(C(=O)CCc3ccccc3)C2c2c[nH]c3ccccc23)cc1. The van der Waals surface area contributed by atoms with E-state index in [9.17, 15) is 14.7 Å². The highest BCUT2D eigenvalue weighted by molar-refractivity contribution is 6.17. The number of ketones is 1. The van der Waals surface area contributed by atoms with Crippen LogP contribution in [0.2, 0.25) is 0 Å². The molecule has 2 heterocycles. The molecule has 176 valence electrons. The molecule has 1 aromatic heterocycles. The van der Waals surface area contributed by atoms with Crippen LogP contribution >= 0.6 is 0 Å². The molecule has 4 aromatic rings. The third-order valence-electron chi connectivity index (χ3n) is 6.55. The maximum absolute atomic E-state index is 13.5. The molecular formula is C29H27N3O3. The Kier molecular flexibility index (Phi) is 5.87. The van der Waals surface area contributed by atoms with Gasteiger partial charge in [0.15, 0.2) is 11.5 Å². The summed E-state index contributed by atoms with van der Waals surface area (Å²) in [7, 11) is 3.89. The van der Waals surface area contributed by atoms with E-state index in [0.717, 1.165) is 27.7 Å². The fraction of sp³-hybridized carbons (Fsp3) is 0.172. The van der Waals surface area contributed by atoms with Crippen LogP contribution in [-0.2, 0) is 16.0 Å². The number of aliphatic hydroxyl groups is 1. The number of amides is 1. The standard InChI is InChI=1S/C29H27N3O3/c1-31(2)20-13-15-21(16-14-20)32-27(23-18-30-24-11-7-6-10-22(23)24)26(28(34)29(32)35)25(33)17-12-19-8-4-3-5-9-19/h3-11,13-16,18,27,30,34H,12,17H2,1-2H3. The summed E-state index contributed by atoms with van der Waals surface area (Å²) in [6, 6.07) is 24.3. The van der Waals surface area contributed by atoms with Crippen LogP contribution in [0.5, 0.6) is 0 Å². The number of aromatic amines is 1. The lowest BCUT2D eigenvalue weighted by atomic mass is 9.92. The number of nitrogens with one attached hydrogen (secondary N) is 1. The molecule has 1 aliphatic rings. The van der Waals surface area contributed by atoms with Gasteiger partial charge < -0.3 is 15.0 Å². The van der Waals surface area contributed by atoms with Gasteiger partial charge in [0.1, 0.15) is 0 Å². The smallest absolute Gasteiger partial charge is 0.294 e. The maximum Gasteiger partial charge on any atom is 0.294 e. The Morgan fingerprint density at radius 2 is 1.66 bits per heavy atom. The van der Waals surface area contributed by atoms with Gasteiger partial charge in [-0.25, -0.2) is 0 Å².